The molecule has 26 heavy (non-hydrogen) atoms. The fourth-order valence-electron chi connectivity index (χ4n) is 4.04. The van der Waals surface area contributed by atoms with Crippen LogP contribution in [0.2, 0.25) is 0 Å². The van der Waals surface area contributed by atoms with Gasteiger partial charge in [0.05, 0.1) is 11.7 Å². The number of aromatic nitrogens is 4. The van der Waals surface area contributed by atoms with Gasteiger partial charge < -0.3 is 19.6 Å². The average Bonchev–Trinajstić information content (AvgIpc) is 3.31. The number of rotatable bonds is 4. The number of hydrogen-bond acceptors (Lipinski definition) is 4. The lowest BCUT2D eigenvalue weighted by Gasteiger charge is -2.14. The molecule has 0 radical (unpaired) electrons. The molecule has 2 N–H and O–H groups in total. The Morgan fingerprint density at radius 2 is 2.08 bits per heavy atom. The molecule has 7 nitrogen and oxygen atoms in total. The van der Waals surface area contributed by atoms with E-state index in [9.17, 15) is 9.90 Å². The smallest absolute Gasteiger partial charge is 0.253 e. The van der Waals surface area contributed by atoms with Gasteiger partial charge in [-0.05, 0) is 18.9 Å². The van der Waals surface area contributed by atoms with E-state index < -0.39 is 6.10 Å². The zero-order valence-electron chi connectivity index (χ0n) is 15.0. The Labute approximate surface area is 151 Å². The van der Waals surface area contributed by atoms with Crippen LogP contribution < -0.4 is 5.32 Å². The van der Waals surface area contributed by atoms with E-state index in [-0.39, 0.29) is 17.7 Å². The van der Waals surface area contributed by atoms with Gasteiger partial charge in [-0.25, -0.2) is 0 Å². The van der Waals surface area contributed by atoms with E-state index in [2.05, 4.69) is 15.5 Å². The summed E-state index contributed by atoms with van der Waals surface area (Å²) < 4.78 is 3.85. The molecule has 1 saturated carbocycles. The van der Waals surface area contributed by atoms with E-state index in [1.54, 1.807) is 6.33 Å². The van der Waals surface area contributed by atoms with Crippen molar-refractivity contribution in [1.29, 1.82) is 0 Å². The third-order valence-electron chi connectivity index (χ3n) is 5.44. The number of fused-ring (bicyclic) bond motifs is 1. The first-order valence-electron chi connectivity index (χ1n) is 8.88. The van der Waals surface area contributed by atoms with E-state index in [4.69, 9.17) is 0 Å². The Morgan fingerprint density at radius 3 is 2.85 bits per heavy atom. The summed E-state index contributed by atoms with van der Waals surface area (Å²) >= 11 is 0. The molecule has 2 heterocycles. The molecule has 1 aromatic carbocycles. The molecule has 0 saturated heterocycles. The molecule has 1 fully saturated rings. The molecule has 0 spiro atoms. The van der Waals surface area contributed by atoms with Gasteiger partial charge in [-0.15, -0.1) is 10.2 Å². The Kier molecular flexibility index (Phi) is 4.24. The second kappa shape index (κ2) is 6.57. The van der Waals surface area contributed by atoms with Gasteiger partial charge in [0.1, 0.15) is 12.2 Å². The number of aliphatic hydroxyl groups is 1. The molecule has 3 atom stereocenters. The summed E-state index contributed by atoms with van der Waals surface area (Å²) in [6.45, 7) is 0.456. The van der Waals surface area contributed by atoms with Gasteiger partial charge in [0.25, 0.3) is 5.91 Å². The maximum atomic E-state index is 12.7. The molecule has 1 amide bonds. The van der Waals surface area contributed by atoms with E-state index >= 15 is 0 Å². The SMILES string of the molecule is Cn1cnnc1[C@H]1C[C@H](CNC(=O)c2cn(C)c3ccccc23)[C@H](O)C1. The van der Waals surface area contributed by atoms with Crippen LogP contribution in [0.25, 0.3) is 10.9 Å². The fraction of sp³-hybridized carbons (Fsp3) is 0.421. The van der Waals surface area contributed by atoms with Crippen LogP contribution in [0.4, 0.5) is 0 Å². The van der Waals surface area contributed by atoms with Crippen LogP contribution in [0.5, 0.6) is 0 Å². The van der Waals surface area contributed by atoms with Crippen molar-refractivity contribution in [2.24, 2.45) is 20.0 Å². The summed E-state index contributed by atoms with van der Waals surface area (Å²) in [7, 11) is 3.85. The Bertz CT molecular complexity index is 944. The highest BCUT2D eigenvalue weighted by Crippen LogP contribution is 2.37. The zero-order valence-corrected chi connectivity index (χ0v) is 15.0. The molecule has 1 aliphatic carbocycles. The molecule has 3 aromatic rings. The number of carbonyl (C=O) groups is 1. The second-order valence-corrected chi connectivity index (χ2v) is 7.18. The highest BCUT2D eigenvalue weighted by atomic mass is 16.3. The topological polar surface area (TPSA) is 85.0 Å². The number of nitrogens with one attached hydrogen (secondary N) is 1. The summed E-state index contributed by atoms with van der Waals surface area (Å²) in [4.78, 5) is 12.7. The number of aliphatic hydroxyl groups excluding tert-OH is 1. The van der Waals surface area contributed by atoms with Crippen LogP contribution in [-0.4, -0.2) is 43.0 Å². The monoisotopic (exact) mass is 353 g/mol. The fourth-order valence-corrected chi connectivity index (χ4v) is 4.04. The number of aryl methyl sites for hydroxylation is 2. The molecular weight excluding hydrogens is 330 g/mol. The lowest BCUT2D eigenvalue weighted by Crippen LogP contribution is -2.32. The lowest BCUT2D eigenvalue weighted by atomic mass is 10.0. The lowest BCUT2D eigenvalue weighted by molar-refractivity contribution is 0.0918. The van der Waals surface area contributed by atoms with Crippen LogP contribution in [0.15, 0.2) is 36.8 Å². The highest BCUT2D eigenvalue weighted by Gasteiger charge is 2.36. The number of para-hydroxylation sites is 1. The third kappa shape index (κ3) is 2.88. The normalized spacial score (nSPS) is 22.8. The maximum Gasteiger partial charge on any atom is 0.253 e. The summed E-state index contributed by atoms with van der Waals surface area (Å²) in [5, 5.41) is 22.4. The molecule has 0 aliphatic heterocycles. The van der Waals surface area contributed by atoms with Gasteiger partial charge in [-0.1, -0.05) is 18.2 Å². The van der Waals surface area contributed by atoms with E-state index in [1.165, 1.54) is 0 Å². The molecule has 7 heteroatoms. The van der Waals surface area contributed by atoms with Gasteiger partial charge in [0.15, 0.2) is 0 Å². The number of hydrogen-bond donors (Lipinski definition) is 2. The predicted molar refractivity (Wildman–Crippen MR) is 97.7 cm³/mol. The molecule has 136 valence electrons. The summed E-state index contributed by atoms with van der Waals surface area (Å²) in [5.74, 6) is 0.996. The summed E-state index contributed by atoms with van der Waals surface area (Å²) in [5.41, 5.74) is 1.70. The number of nitrogens with zero attached hydrogens (tertiary/aromatic N) is 4. The third-order valence-corrected chi connectivity index (χ3v) is 5.44. The minimum absolute atomic E-state index is 0.0237. The van der Waals surface area contributed by atoms with Gasteiger partial charge in [-0.3, -0.25) is 4.79 Å². The van der Waals surface area contributed by atoms with Crippen molar-refractivity contribution < 1.29 is 9.90 Å². The minimum atomic E-state index is -0.440. The average molecular weight is 353 g/mol. The Morgan fingerprint density at radius 1 is 1.27 bits per heavy atom. The Balaban J connectivity index is 1.44. The van der Waals surface area contributed by atoms with Crippen LogP contribution in [0.1, 0.15) is 34.9 Å². The second-order valence-electron chi connectivity index (χ2n) is 7.18. The molecule has 1 aliphatic rings. The molecule has 0 bridgehead atoms. The zero-order chi connectivity index (χ0) is 18.3. The van der Waals surface area contributed by atoms with Gasteiger partial charge >= 0.3 is 0 Å². The van der Waals surface area contributed by atoms with Crippen LogP contribution >= 0.6 is 0 Å². The quantitative estimate of drug-likeness (QED) is 0.746. The molecule has 4 rings (SSSR count). The summed E-state index contributed by atoms with van der Waals surface area (Å²) in [6, 6.07) is 7.86. The van der Waals surface area contributed by atoms with Crippen molar-refractivity contribution in [2.75, 3.05) is 6.54 Å². The standard InChI is InChI=1S/C19H23N5O2/c1-23-10-15(14-5-3-4-6-16(14)23)19(26)20-9-13-7-12(8-17(13)25)18-22-21-11-24(18)2/h3-6,10-13,17,25H,7-9H2,1-2H3,(H,20,26)/t12-,13+,17+/m0/s1. The first-order chi connectivity index (χ1) is 12.5. The van der Waals surface area contributed by atoms with Crippen LogP contribution in [0.3, 0.4) is 0 Å². The largest absolute Gasteiger partial charge is 0.393 e. The first-order valence-corrected chi connectivity index (χ1v) is 8.88. The van der Waals surface area contributed by atoms with E-state index in [1.807, 2.05) is 53.7 Å². The van der Waals surface area contributed by atoms with E-state index in [0.29, 0.717) is 18.5 Å². The number of benzene rings is 1. The van der Waals surface area contributed by atoms with Crippen molar-refractivity contribution in [2.45, 2.75) is 24.9 Å². The predicted octanol–water partition coefficient (Wildman–Crippen LogP) is 1.59. The molecule has 0 unspecified atom stereocenters. The van der Waals surface area contributed by atoms with Crippen LogP contribution in [-0.2, 0) is 14.1 Å². The molecular formula is C19H23N5O2. The van der Waals surface area contributed by atoms with Crippen LogP contribution in [0, 0.1) is 5.92 Å². The maximum absolute atomic E-state index is 12.7. The number of amides is 1. The summed E-state index contributed by atoms with van der Waals surface area (Å²) in [6.07, 6.45) is 4.54. The van der Waals surface area contributed by atoms with Crippen molar-refractivity contribution in [3.05, 3.63) is 48.2 Å². The van der Waals surface area contributed by atoms with Gasteiger partial charge in [0.2, 0.25) is 0 Å². The van der Waals surface area contributed by atoms with E-state index in [0.717, 1.165) is 23.1 Å². The minimum Gasteiger partial charge on any atom is -0.393 e. The molecule has 2 aromatic heterocycles. The Hall–Kier alpha value is -2.67. The van der Waals surface area contributed by atoms with Gasteiger partial charge in [-0.2, -0.15) is 0 Å². The van der Waals surface area contributed by atoms with Crippen molar-refractivity contribution in [3.63, 3.8) is 0 Å². The van der Waals surface area contributed by atoms with Crippen molar-refractivity contribution >= 4 is 16.8 Å². The van der Waals surface area contributed by atoms with Crippen molar-refractivity contribution in [3.8, 4) is 0 Å². The van der Waals surface area contributed by atoms with Gasteiger partial charge in [0, 0.05) is 49.6 Å². The number of carbonyl (C=O) groups excluding carboxylic acids is 1. The van der Waals surface area contributed by atoms with Crippen molar-refractivity contribution in [1.82, 2.24) is 24.6 Å². The highest BCUT2D eigenvalue weighted by molar-refractivity contribution is 6.06. The first kappa shape index (κ1) is 16.8.